The van der Waals surface area contributed by atoms with Crippen LogP contribution in [0.1, 0.15) is 39.3 Å². The predicted octanol–water partition coefficient (Wildman–Crippen LogP) is 5.48. The van der Waals surface area contributed by atoms with Gasteiger partial charge in [-0.1, -0.05) is 29.8 Å². The average Bonchev–Trinajstić information content (AvgIpc) is 3.10. The van der Waals surface area contributed by atoms with Gasteiger partial charge < -0.3 is 10.1 Å². The lowest BCUT2D eigenvalue weighted by atomic mass is 10.1. The second kappa shape index (κ2) is 10.8. The molecule has 0 aliphatic carbocycles. The summed E-state index contributed by atoms with van der Waals surface area (Å²) in [7, 11) is 0. The zero-order valence-electron chi connectivity index (χ0n) is 18.9. The van der Waals surface area contributed by atoms with Gasteiger partial charge in [-0.15, -0.1) is 0 Å². The highest BCUT2D eigenvalue weighted by atomic mass is 35.5. The number of carbonyl (C=O) groups excluding carboxylic acids is 1. The van der Waals surface area contributed by atoms with Crippen LogP contribution in [-0.2, 0) is 19.3 Å². The number of nitro groups is 1. The lowest BCUT2D eigenvalue weighted by molar-refractivity contribution is -0.386. The third-order valence-corrected chi connectivity index (χ3v) is 5.58. The van der Waals surface area contributed by atoms with Gasteiger partial charge >= 0.3 is 11.9 Å². The number of alkyl halides is 3. The molecule has 3 aromatic rings. The molecule has 0 saturated carbocycles. The molecule has 0 atom stereocenters. The van der Waals surface area contributed by atoms with E-state index in [2.05, 4.69) is 10.4 Å². The molecule has 0 saturated heterocycles. The SMILES string of the molecule is Cc1ccc(OCc2cccc(C(=O)NCCCn3nc(C(F)(F)F)c(Cl)c3C)c2)c([N+](=O)[O-])c1. The summed E-state index contributed by atoms with van der Waals surface area (Å²) in [5, 5.41) is 17.0. The van der Waals surface area contributed by atoms with Crippen LogP contribution in [-0.4, -0.2) is 27.2 Å². The van der Waals surface area contributed by atoms with Crippen molar-refractivity contribution in [2.24, 2.45) is 0 Å². The molecule has 1 aromatic heterocycles. The Bertz CT molecular complexity index is 1240. The number of nitrogens with zero attached hydrogens (tertiary/aromatic N) is 3. The summed E-state index contributed by atoms with van der Waals surface area (Å²) in [5.41, 5.74) is 0.642. The van der Waals surface area contributed by atoms with Gasteiger partial charge in [0.2, 0.25) is 0 Å². The molecule has 0 aliphatic heterocycles. The quantitative estimate of drug-likeness (QED) is 0.233. The van der Waals surface area contributed by atoms with E-state index in [4.69, 9.17) is 16.3 Å². The first kappa shape index (κ1) is 26.0. The molecule has 0 aliphatic rings. The minimum atomic E-state index is -4.64. The van der Waals surface area contributed by atoms with Gasteiger partial charge in [-0.05, 0) is 49.6 Å². The number of hydrogen-bond donors (Lipinski definition) is 1. The van der Waals surface area contributed by atoms with Crippen LogP contribution >= 0.6 is 11.6 Å². The predicted molar refractivity (Wildman–Crippen MR) is 123 cm³/mol. The Kier molecular flexibility index (Phi) is 8.00. The molecule has 0 bridgehead atoms. The van der Waals surface area contributed by atoms with Crippen molar-refractivity contribution in [3.05, 3.63) is 85.7 Å². The van der Waals surface area contributed by atoms with E-state index in [1.807, 2.05) is 0 Å². The minimum Gasteiger partial charge on any atom is -0.482 e. The van der Waals surface area contributed by atoms with Crippen LogP contribution in [0.2, 0.25) is 5.02 Å². The molecule has 186 valence electrons. The Balaban J connectivity index is 1.55. The molecule has 0 radical (unpaired) electrons. The molecule has 1 amide bonds. The zero-order chi connectivity index (χ0) is 25.8. The van der Waals surface area contributed by atoms with Crippen LogP contribution < -0.4 is 10.1 Å². The van der Waals surface area contributed by atoms with Crippen molar-refractivity contribution in [2.75, 3.05) is 6.54 Å². The Morgan fingerprint density at radius 2 is 1.97 bits per heavy atom. The summed E-state index contributed by atoms with van der Waals surface area (Å²) in [6.07, 6.45) is -4.30. The second-order valence-corrected chi connectivity index (χ2v) is 8.17. The summed E-state index contributed by atoms with van der Waals surface area (Å²) in [5.74, 6) is -0.252. The minimum absolute atomic E-state index is 0.0197. The molecular formula is C23H22ClF3N4O4. The van der Waals surface area contributed by atoms with E-state index >= 15 is 0 Å². The lowest BCUT2D eigenvalue weighted by Crippen LogP contribution is -2.25. The van der Waals surface area contributed by atoms with Crippen LogP contribution in [0, 0.1) is 24.0 Å². The number of hydrogen-bond acceptors (Lipinski definition) is 5. The van der Waals surface area contributed by atoms with Gasteiger partial charge in [0.05, 0.1) is 15.6 Å². The Labute approximate surface area is 203 Å². The molecule has 0 unspecified atom stereocenters. The zero-order valence-corrected chi connectivity index (χ0v) is 19.6. The number of nitrogens with one attached hydrogen (secondary N) is 1. The van der Waals surface area contributed by atoms with Gasteiger partial charge in [-0.25, -0.2) is 0 Å². The summed E-state index contributed by atoms with van der Waals surface area (Å²) >= 11 is 5.74. The maximum absolute atomic E-state index is 12.9. The van der Waals surface area contributed by atoms with Gasteiger partial charge in [-0.3, -0.25) is 19.6 Å². The van der Waals surface area contributed by atoms with Crippen LogP contribution in [0.25, 0.3) is 0 Å². The molecule has 1 heterocycles. The largest absolute Gasteiger partial charge is 0.482 e. The molecule has 0 spiro atoms. The summed E-state index contributed by atoms with van der Waals surface area (Å²) in [4.78, 5) is 23.2. The normalized spacial score (nSPS) is 11.4. The van der Waals surface area contributed by atoms with E-state index in [0.717, 1.165) is 5.56 Å². The number of aryl methyl sites for hydroxylation is 2. The van der Waals surface area contributed by atoms with Crippen LogP contribution in [0.5, 0.6) is 5.75 Å². The Morgan fingerprint density at radius 1 is 1.23 bits per heavy atom. The highest BCUT2D eigenvalue weighted by Gasteiger charge is 2.38. The van der Waals surface area contributed by atoms with E-state index in [0.29, 0.717) is 17.5 Å². The molecule has 2 aromatic carbocycles. The molecule has 12 heteroatoms. The Hall–Kier alpha value is -3.60. The molecule has 0 fully saturated rings. The van der Waals surface area contributed by atoms with E-state index in [9.17, 15) is 28.1 Å². The second-order valence-electron chi connectivity index (χ2n) is 7.80. The molecule has 8 nitrogen and oxygen atoms in total. The first-order valence-electron chi connectivity index (χ1n) is 10.5. The van der Waals surface area contributed by atoms with Crippen molar-refractivity contribution < 1.29 is 27.6 Å². The number of amides is 1. The Morgan fingerprint density at radius 3 is 2.63 bits per heavy atom. The van der Waals surface area contributed by atoms with E-state index in [-0.39, 0.29) is 42.7 Å². The number of rotatable bonds is 9. The topological polar surface area (TPSA) is 99.3 Å². The van der Waals surface area contributed by atoms with Crippen molar-refractivity contribution in [3.8, 4) is 5.75 Å². The van der Waals surface area contributed by atoms with E-state index in [1.54, 1.807) is 37.3 Å². The first-order chi connectivity index (χ1) is 16.5. The van der Waals surface area contributed by atoms with Crippen molar-refractivity contribution in [2.45, 2.75) is 39.6 Å². The lowest BCUT2D eigenvalue weighted by Gasteiger charge is -2.10. The molecule has 35 heavy (non-hydrogen) atoms. The number of halogens is 4. The third kappa shape index (κ3) is 6.50. The van der Waals surface area contributed by atoms with Crippen LogP contribution in [0.4, 0.5) is 18.9 Å². The van der Waals surface area contributed by atoms with E-state index in [1.165, 1.54) is 23.7 Å². The van der Waals surface area contributed by atoms with Gasteiger partial charge in [0.15, 0.2) is 11.4 Å². The maximum Gasteiger partial charge on any atom is 0.436 e. The number of carbonyl (C=O) groups is 1. The number of benzene rings is 2. The fourth-order valence-electron chi connectivity index (χ4n) is 3.31. The molecule has 1 N–H and O–H groups in total. The number of aromatic nitrogens is 2. The number of nitro benzene ring substituents is 1. The summed E-state index contributed by atoms with van der Waals surface area (Å²) in [6.45, 7) is 3.55. The fraction of sp³-hybridized carbons (Fsp3) is 0.304. The molecular weight excluding hydrogens is 489 g/mol. The van der Waals surface area contributed by atoms with Crippen molar-refractivity contribution in [1.82, 2.24) is 15.1 Å². The van der Waals surface area contributed by atoms with Gasteiger partial charge in [0.1, 0.15) is 6.61 Å². The third-order valence-electron chi connectivity index (χ3n) is 5.13. The van der Waals surface area contributed by atoms with E-state index < -0.39 is 21.8 Å². The van der Waals surface area contributed by atoms with Gasteiger partial charge in [0.25, 0.3) is 5.91 Å². The van der Waals surface area contributed by atoms with Crippen LogP contribution in [0.3, 0.4) is 0 Å². The van der Waals surface area contributed by atoms with Crippen molar-refractivity contribution in [3.63, 3.8) is 0 Å². The summed E-state index contributed by atoms with van der Waals surface area (Å²) < 4.78 is 45.5. The van der Waals surface area contributed by atoms with Crippen molar-refractivity contribution >= 4 is 23.2 Å². The first-order valence-corrected chi connectivity index (χ1v) is 10.9. The monoisotopic (exact) mass is 510 g/mol. The fourth-order valence-corrected chi connectivity index (χ4v) is 3.55. The molecule has 3 rings (SSSR count). The van der Waals surface area contributed by atoms with Crippen LogP contribution in [0.15, 0.2) is 42.5 Å². The smallest absolute Gasteiger partial charge is 0.436 e. The number of ether oxygens (including phenoxy) is 1. The highest BCUT2D eigenvalue weighted by molar-refractivity contribution is 6.31. The average molecular weight is 511 g/mol. The summed E-state index contributed by atoms with van der Waals surface area (Å²) in [6, 6.07) is 11.2. The van der Waals surface area contributed by atoms with Crippen molar-refractivity contribution in [1.29, 1.82) is 0 Å². The highest BCUT2D eigenvalue weighted by Crippen LogP contribution is 2.35. The standard InChI is InChI=1S/C23H22ClF3N4O4/c1-14-7-8-19(18(11-14)31(33)34)35-13-16-5-3-6-17(12-16)22(32)28-9-4-10-30-15(2)20(24)21(29-30)23(25,26)27/h3,5-8,11-12H,4,9-10,13H2,1-2H3,(H,28,32). The van der Waals surface area contributed by atoms with Gasteiger partial charge in [-0.2, -0.15) is 18.3 Å². The maximum atomic E-state index is 12.9. The van der Waals surface area contributed by atoms with Gasteiger partial charge in [0, 0.05) is 24.7 Å².